The van der Waals surface area contributed by atoms with E-state index < -0.39 is 4.92 Å². The number of amides is 1. The number of carbonyl (C=O) groups is 1. The van der Waals surface area contributed by atoms with Gasteiger partial charge < -0.3 is 4.74 Å². The summed E-state index contributed by atoms with van der Waals surface area (Å²) in [7, 11) is 1.61. The smallest absolute Gasteiger partial charge is 0.269 e. The molecule has 1 atom stereocenters. The normalized spacial score (nSPS) is 17.6. The van der Waals surface area contributed by atoms with Crippen LogP contribution < -0.4 is 4.74 Å². The van der Waals surface area contributed by atoms with Crippen LogP contribution in [0.5, 0.6) is 5.75 Å². The van der Waals surface area contributed by atoms with Crippen LogP contribution in [-0.2, 0) is 11.2 Å². The van der Waals surface area contributed by atoms with E-state index in [-0.39, 0.29) is 16.8 Å². The monoisotopic (exact) mass is 424 g/mol. The van der Waals surface area contributed by atoms with Gasteiger partial charge >= 0.3 is 0 Å². The Hall–Kier alpha value is -3.46. The van der Waals surface area contributed by atoms with Crippen LogP contribution in [0.4, 0.5) is 5.69 Å². The van der Waals surface area contributed by atoms with Crippen LogP contribution in [0.25, 0.3) is 0 Å². The maximum absolute atomic E-state index is 12.8. The molecule has 3 rings (SSSR count). The van der Waals surface area contributed by atoms with Crippen molar-refractivity contribution in [2.45, 2.75) is 11.7 Å². The Labute approximate surface area is 178 Å². The zero-order chi connectivity index (χ0) is 21.5. The predicted octanol–water partition coefficient (Wildman–Crippen LogP) is 3.67. The predicted molar refractivity (Wildman–Crippen MR) is 118 cm³/mol. The van der Waals surface area contributed by atoms with Crippen LogP contribution in [-0.4, -0.2) is 46.0 Å². The lowest BCUT2D eigenvalue weighted by atomic mass is 10.1. The first-order valence-electron chi connectivity index (χ1n) is 9.09. The number of thioether (sulfide) groups is 1. The number of carbonyl (C=O) groups excluding carboxylic acids is 1. The van der Waals surface area contributed by atoms with Crippen LogP contribution in [0.3, 0.4) is 0 Å². The number of non-ortho nitro benzene ring substituents is 1. The summed E-state index contributed by atoms with van der Waals surface area (Å²) < 4.78 is 5.17. The van der Waals surface area contributed by atoms with Gasteiger partial charge in [0.1, 0.15) is 5.75 Å². The van der Waals surface area contributed by atoms with E-state index >= 15 is 0 Å². The van der Waals surface area contributed by atoms with Crippen molar-refractivity contribution < 1.29 is 14.5 Å². The van der Waals surface area contributed by atoms with Crippen molar-refractivity contribution in [2.75, 3.05) is 13.7 Å². The molecule has 0 radical (unpaired) electrons. The van der Waals surface area contributed by atoms with E-state index in [1.807, 2.05) is 24.3 Å². The third-order valence-corrected chi connectivity index (χ3v) is 5.53. The molecule has 8 nitrogen and oxygen atoms in total. The van der Waals surface area contributed by atoms with Crippen molar-refractivity contribution in [3.8, 4) is 5.75 Å². The van der Waals surface area contributed by atoms with Crippen molar-refractivity contribution in [3.05, 3.63) is 82.4 Å². The van der Waals surface area contributed by atoms with E-state index in [0.717, 1.165) is 11.3 Å². The van der Waals surface area contributed by atoms with Gasteiger partial charge in [0.2, 0.25) is 5.91 Å². The number of nitrogens with zero attached hydrogens (tertiary/aromatic N) is 4. The summed E-state index contributed by atoms with van der Waals surface area (Å²) in [6, 6.07) is 13.6. The Morgan fingerprint density at radius 2 is 1.93 bits per heavy atom. The minimum Gasteiger partial charge on any atom is -0.497 e. The summed E-state index contributed by atoms with van der Waals surface area (Å²) in [5, 5.41) is 19.2. The first-order chi connectivity index (χ1) is 14.5. The number of hydrogen-bond acceptors (Lipinski definition) is 7. The molecule has 0 spiro atoms. The highest BCUT2D eigenvalue weighted by Gasteiger charge is 2.37. The first-order valence-corrected chi connectivity index (χ1v) is 9.97. The zero-order valence-corrected chi connectivity index (χ0v) is 17.1. The maximum Gasteiger partial charge on any atom is 0.269 e. The fourth-order valence-electron chi connectivity index (χ4n) is 2.82. The second kappa shape index (κ2) is 9.84. The quantitative estimate of drug-likeness (QED) is 0.279. The largest absolute Gasteiger partial charge is 0.497 e. The molecule has 1 aliphatic rings. The van der Waals surface area contributed by atoms with Gasteiger partial charge in [-0.25, -0.2) is 0 Å². The van der Waals surface area contributed by atoms with Gasteiger partial charge in [0.05, 0.1) is 23.5 Å². The number of nitro groups is 1. The second-order valence-electron chi connectivity index (χ2n) is 6.37. The summed E-state index contributed by atoms with van der Waals surface area (Å²) in [5.74, 6) is 0.722. The minimum absolute atomic E-state index is 0.00828. The van der Waals surface area contributed by atoms with E-state index in [2.05, 4.69) is 16.8 Å². The van der Waals surface area contributed by atoms with Crippen LogP contribution in [0, 0.1) is 10.1 Å². The van der Waals surface area contributed by atoms with Crippen LogP contribution in [0.2, 0.25) is 0 Å². The topological polar surface area (TPSA) is 97.4 Å². The first kappa shape index (κ1) is 21.3. The van der Waals surface area contributed by atoms with Crippen LogP contribution in [0.1, 0.15) is 11.1 Å². The number of hydrogen-bond donors (Lipinski definition) is 0. The Balaban J connectivity index is 1.72. The molecule has 1 saturated heterocycles. The number of amidine groups is 1. The molecule has 1 amide bonds. The van der Waals surface area contributed by atoms with Crippen molar-refractivity contribution >= 4 is 34.7 Å². The third kappa shape index (κ3) is 5.12. The third-order valence-electron chi connectivity index (χ3n) is 4.37. The molecule has 0 bridgehead atoms. The SMILES string of the molecule is C=CCN1C(=O)C(Cc2ccc(OC)cc2)SC1=NN=Cc1ccc([N+](=O)[O-])cc1. The fourth-order valence-corrected chi connectivity index (χ4v) is 3.96. The molecule has 0 saturated carbocycles. The number of benzene rings is 2. The highest BCUT2D eigenvalue weighted by atomic mass is 32.2. The van der Waals surface area contributed by atoms with Crippen LogP contribution >= 0.6 is 11.8 Å². The molecule has 1 heterocycles. The lowest BCUT2D eigenvalue weighted by Crippen LogP contribution is -2.32. The van der Waals surface area contributed by atoms with Crippen molar-refractivity contribution in [2.24, 2.45) is 10.2 Å². The maximum atomic E-state index is 12.8. The zero-order valence-electron chi connectivity index (χ0n) is 16.3. The molecule has 9 heteroatoms. The lowest BCUT2D eigenvalue weighted by molar-refractivity contribution is -0.384. The molecular formula is C21H20N4O4S. The van der Waals surface area contributed by atoms with E-state index in [1.165, 1.54) is 30.1 Å². The highest BCUT2D eigenvalue weighted by Crippen LogP contribution is 2.30. The Kier molecular flexibility index (Phi) is 6.97. The molecule has 0 aromatic heterocycles. The van der Waals surface area contributed by atoms with Gasteiger partial charge in [-0.15, -0.1) is 11.7 Å². The summed E-state index contributed by atoms with van der Waals surface area (Å²) in [6.07, 6.45) is 3.70. The van der Waals surface area contributed by atoms with E-state index in [1.54, 1.807) is 30.2 Å². The van der Waals surface area contributed by atoms with Gasteiger partial charge in [0, 0.05) is 18.7 Å². The molecule has 0 N–H and O–H groups in total. The van der Waals surface area contributed by atoms with Crippen molar-refractivity contribution in [1.29, 1.82) is 0 Å². The summed E-state index contributed by atoms with van der Waals surface area (Å²) >= 11 is 1.36. The fraction of sp³-hybridized carbons (Fsp3) is 0.190. The van der Waals surface area contributed by atoms with Gasteiger partial charge in [-0.3, -0.25) is 19.8 Å². The van der Waals surface area contributed by atoms with Gasteiger partial charge in [-0.2, -0.15) is 5.10 Å². The standard InChI is InChI=1S/C21H20N4O4S/c1-3-12-24-20(26)19(13-15-6-10-18(29-2)11-7-15)30-21(24)23-22-14-16-4-8-17(9-5-16)25(27)28/h3-11,14,19H,1,12-13H2,2H3. The second-order valence-corrected chi connectivity index (χ2v) is 7.54. The molecule has 1 unspecified atom stereocenters. The molecule has 1 aliphatic heterocycles. The molecular weight excluding hydrogens is 404 g/mol. The number of rotatable bonds is 8. The van der Waals surface area contributed by atoms with Gasteiger partial charge in [-0.1, -0.05) is 30.0 Å². The minimum atomic E-state index is -0.460. The van der Waals surface area contributed by atoms with Gasteiger partial charge in [0.15, 0.2) is 5.17 Å². The summed E-state index contributed by atoms with van der Waals surface area (Å²) in [5.41, 5.74) is 1.70. The number of methoxy groups -OCH3 is 1. The van der Waals surface area contributed by atoms with Gasteiger partial charge in [0.25, 0.3) is 5.69 Å². The summed E-state index contributed by atoms with van der Waals surface area (Å²) in [6.45, 7) is 4.05. The molecule has 2 aromatic rings. The Bertz CT molecular complexity index is 987. The molecule has 30 heavy (non-hydrogen) atoms. The van der Waals surface area contributed by atoms with E-state index in [4.69, 9.17) is 4.74 Å². The Morgan fingerprint density at radius 3 is 2.53 bits per heavy atom. The van der Waals surface area contributed by atoms with E-state index in [0.29, 0.717) is 23.7 Å². The number of ether oxygens (including phenoxy) is 1. The molecule has 154 valence electrons. The highest BCUT2D eigenvalue weighted by molar-refractivity contribution is 8.15. The summed E-state index contributed by atoms with van der Waals surface area (Å²) in [4.78, 5) is 24.6. The molecule has 1 fully saturated rings. The Morgan fingerprint density at radius 1 is 1.23 bits per heavy atom. The van der Waals surface area contributed by atoms with E-state index in [9.17, 15) is 14.9 Å². The lowest BCUT2D eigenvalue weighted by Gasteiger charge is -2.13. The molecule has 0 aliphatic carbocycles. The average molecular weight is 424 g/mol. The number of nitro benzene ring substituents is 1. The average Bonchev–Trinajstić information content (AvgIpc) is 3.04. The van der Waals surface area contributed by atoms with Gasteiger partial charge in [-0.05, 0) is 41.8 Å². The van der Waals surface area contributed by atoms with Crippen LogP contribution in [0.15, 0.2) is 71.4 Å². The molecule has 2 aromatic carbocycles. The van der Waals surface area contributed by atoms with Crippen molar-refractivity contribution in [1.82, 2.24) is 4.90 Å². The van der Waals surface area contributed by atoms with Crippen molar-refractivity contribution in [3.63, 3.8) is 0 Å².